The van der Waals surface area contributed by atoms with Gasteiger partial charge in [-0.25, -0.2) is 9.78 Å². The van der Waals surface area contributed by atoms with Crippen LogP contribution >= 0.6 is 22.9 Å². The number of aryl methyl sites for hydroxylation is 1. The molecule has 0 atom stereocenters. The van der Waals surface area contributed by atoms with Crippen LogP contribution in [0, 0.1) is 5.92 Å². The second-order valence-electron chi connectivity index (χ2n) is 5.64. The van der Waals surface area contributed by atoms with Crippen LogP contribution in [-0.2, 0) is 6.42 Å². The number of benzene rings is 1. The lowest BCUT2D eigenvalue weighted by Gasteiger charge is -2.14. The second kappa shape index (κ2) is 8.35. The van der Waals surface area contributed by atoms with Crippen molar-refractivity contribution >= 4 is 39.7 Å². The Kier molecular flexibility index (Phi) is 6.44. The van der Waals surface area contributed by atoms with Crippen LogP contribution in [-0.4, -0.2) is 22.7 Å². The topological polar surface area (TPSA) is 80.7 Å². The van der Waals surface area contributed by atoms with Gasteiger partial charge in [0, 0.05) is 20.5 Å². The number of rotatable bonds is 8. The van der Waals surface area contributed by atoms with Crippen LogP contribution in [0.1, 0.15) is 36.1 Å². The highest BCUT2D eigenvalue weighted by Crippen LogP contribution is 2.41. The lowest BCUT2D eigenvalue weighted by atomic mass is 10.2. The quantitative estimate of drug-likeness (QED) is 0.654. The van der Waals surface area contributed by atoms with E-state index in [0.29, 0.717) is 28.1 Å². The summed E-state index contributed by atoms with van der Waals surface area (Å²) in [6.07, 6.45) is 0.520. The maximum atomic E-state index is 13.1. The molecule has 0 aliphatic rings. The number of aromatic nitrogens is 1. The van der Waals surface area contributed by atoms with Gasteiger partial charge in [0.2, 0.25) is 5.75 Å². The zero-order valence-corrected chi connectivity index (χ0v) is 15.5. The molecule has 0 spiro atoms. The molecule has 0 aliphatic carbocycles. The zero-order chi connectivity index (χ0) is 18.6. The number of hydrogen-bond donors (Lipinski definition) is 2. The van der Waals surface area contributed by atoms with Gasteiger partial charge in [0.15, 0.2) is 16.6 Å². The van der Waals surface area contributed by atoms with Crippen LogP contribution < -0.4 is 15.0 Å². The molecule has 0 amide bonds. The number of nitrogens with one attached hydrogen (secondary N) is 1. The molecule has 2 rings (SSSR count). The maximum Gasteiger partial charge on any atom is 0.355 e. The molecule has 2 aromatic rings. The number of ether oxygens (including phenoxy) is 1. The van der Waals surface area contributed by atoms with Crippen molar-refractivity contribution in [2.45, 2.75) is 27.2 Å². The molecular weight excluding hydrogens is 371 g/mol. The van der Waals surface area contributed by atoms with E-state index in [-0.39, 0.29) is 28.8 Å². The molecule has 0 bridgehead atoms. The summed E-state index contributed by atoms with van der Waals surface area (Å²) < 4.78 is 18.6. The molecule has 0 radical (unpaired) electrons. The Morgan fingerprint density at radius 3 is 2.72 bits per heavy atom. The van der Waals surface area contributed by atoms with Gasteiger partial charge in [0.05, 0.1) is 12.3 Å². The average molecular weight is 389 g/mol. The third kappa shape index (κ3) is 4.73. The van der Waals surface area contributed by atoms with Crippen LogP contribution in [0.4, 0.5) is 15.3 Å². The SMILES string of the molecule is CCc1sc(Nc2cc(Cl)cc(OCC(C)C)c2OF)nc1C(=O)O. The minimum Gasteiger partial charge on any atom is -0.489 e. The van der Waals surface area contributed by atoms with Gasteiger partial charge in [-0.1, -0.05) is 32.4 Å². The highest BCUT2D eigenvalue weighted by atomic mass is 35.5. The van der Waals surface area contributed by atoms with Gasteiger partial charge in [-0.3, -0.25) is 4.94 Å². The molecule has 0 saturated carbocycles. The summed E-state index contributed by atoms with van der Waals surface area (Å²) >= 11 is 7.23. The number of halogens is 2. The van der Waals surface area contributed by atoms with E-state index in [0.717, 1.165) is 0 Å². The predicted molar refractivity (Wildman–Crippen MR) is 95.3 cm³/mol. The molecular formula is C16H18ClFN2O4S. The van der Waals surface area contributed by atoms with E-state index in [1.54, 1.807) is 0 Å². The number of hydrogen-bond acceptors (Lipinski definition) is 6. The monoisotopic (exact) mass is 388 g/mol. The van der Waals surface area contributed by atoms with Crippen LogP contribution in [0.2, 0.25) is 5.02 Å². The van der Waals surface area contributed by atoms with Crippen molar-refractivity contribution in [1.82, 2.24) is 4.98 Å². The Balaban J connectivity index is 2.37. The Morgan fingerprint density at radius 1 is 1.48 bits per heavy atom. The van der Waals surface area contributed by atoms with Crippen molar-refractivity contribution in [2.75, 3.05) is 11.9 Å². The molecule has 0 fully saturated rings. The second-order valence-corrected chi connectivity index (χ2v) is 7.16. The van der Waals surface area contributed by atoms with Gasteiger partial charge in [0.1, 0.15) is 0 Å². The van der Waals surface area contributed by atoms with Gasteiger partial charge in [0.25, 0.3) is 0 Å². The summed E-state index contributed by atoms with van der Waals surface area (Å²) in [7, 11) is 0. The van der Waals surface area contributed by atoms with Gasteiger partial charge in [-0.2, -0.15) is 0 Å². The smallest absolute Gasteiger partial charge is 0.355 e. The van der Waals surface area contributed by atoms with Crippen molar-refractivity contribution in [1.29, 1.82) is 0 Å². The Morgan fingerprint density at radius 2 is 2.20 bits per heavy atom. The van der Waals surface area contributed by atoms with Gasteiger partial charge < -0.3 is 15.2 Å². The first-order chi connectivity index (χ1) is 11.8. The molecule has 6 nitrogen and oxygen atoms in total. The van der Waals surface area contributed by atoms with Crippen LogP contribution in [0.3, 0.4) is 0 Å². The summed E-state index contributed by atoms with van der Waals surface area (Å²) in [5.41, 5.74) is 0.165. The maximum absolute atomic E-state index is 13.1. The lowest BCUT2D eigenvalue weighted by Crippen LogP contribution is -2.06. The van der Waals surface area contributed by atoms with E-state index in [9.17, 15) is 14.4 Å². The van der Waals surface area contributed by atoms with Crippen LogP contribution in [0.5, 0.6) is 11.5 Å². The summed E-state index contributed by atoms with van der Waals surface area (Å²) in [6, 6.07) is 2.90. The summed E-state index contributed by atoms with van der Waals surface area (Å²) in [6.45, 7) is 6.09. The number of carboxylic acids is 1. The molecule has 136 valence electrons. The van der Waals surface area contributed by atoms with E-state index < -0.39 is 5.97 Å². The molecule has 9 heteroatoms. The fourth-order valence-electron chi connectivity index (χ4n) is 2.03. The largest absolute Gasteiger partial charge is 0.489 e. The van der Waals surface area contributed by atoms with Crippen molar-refractivity contribution in [3.63, 3.8) is 0 Å². The predicted octanol–water partition coefficient (Wildman–Crippen LogP) is 5.10. The molecule has 0 aliphatic heterocycles. The van der Waals surface area contributed by atoms with Crippen molar-refractivity contribution < 1.29 is 24.1 Å². The van der Waals surface area contributed by atoms with Crippen molar-refractivity contribution in [3.05, 3.63) is 27.7 Å². The van der Waals surface area contributed by atoms with Crippen molar-refractivity contribution in [3.8, 4) is 11.5 Å². The van der Waals surface area contributed by atoms with Gasteiger partial charge in [-0.05, 0) is 18.4 Å². The fraction of sp³-hybridized carbons (Fsp3) is 0.375. The Hall–Kier alpha value is -2.06. The summed E-state index contributed by atoms with van der Waals surface area (Å²) in [5, 5.41) is 12.6. The van der Waals surface area contributed by atoms with Crippen molar-refractivity contribution in [2.24, 2.45) is 5.92 Å². The number of anilines is 2. The third-order valence-corrected chi connectivity index (χ3v) is 4.46. The number of carboxylic acid groups (broad SMARTS) is 1. The number of thiazole rings is 1. The van der Waals surface area contributed by atoms with E-state index in [2.05, 4.69) is 15.2 Å². The first kappa shape index (κ1) is 19.3. The molecule has 1 aromatic heterocycles. The van der Waals surface area contributed by atoms with Crippen LogP contribution in [0.15, 0.2) is 12.1 Å². The van der Waals surface area contributed by atoms with Crippen LogP contribution in [0.25, 0.3) is 0 Å². The molecule has 25 heavy (non-hydrogen) atoms. The highest BCUT2D eigenvalue weighted by molar-refractivity contribution is 7.16. The first-order valence-electron chi connectivity index (χ1n) is 7.60. The molecule has 1 heterocycles. The normalized spacial score (nSPS) is 10.8. The minimum absolute atomic E-state index is 0.0315. The number of carbonyl (C=O) groups is 1. The van der Waals surface area contributed by atoms with E-state index in [1.165, 1.54) is 23.5 Å². The average Bonchev–Trinajstić information content (AvgIpc) is 2.95. The third-order valence-electron chi connectivity index (χ3n) is 3.13. The molecule has 0 saturated heterocycles. The zero-order valence-electron chi connectivity index (χ0n) is 13.9. The van der Waals surface area contributed by atoms with E-state index >= 15 is 0 Å². The fourth-order valence-corrected chi connectivity index (χ4v) is 3.15. The number of aromatic carboxylic acids is 1. The van der Waals surface area contributed by atoms with Gasteiger partial charge >= 0.3 is 5.97 Å². The number of nitrogens with zero attached hydrogens (tertiary/aromatic N) is 1. The molecule has 1 aromatic carbocycles. The van der Waals surface area contributed by atoms with E-state index in [1.807, 2.05) is 20.8 Å². The van der Waals surface area contributed by atoms with Gasteiger partial charge in [-0.15, -0.1) is 11.3 Å². The summed E-state index contributed by atoms with van der Waals surface area (Å²) in [4.78, 5) is 19.8. The standard InChI is InChI=1S/C16H18ClFN2O4S/c1-4-12-13(15(21)22)20-16(25-12)19-10-5-9(17)6-11(14(10)24-18)23-7-8(2)3/h5-6,8H,4,7H2,1-3H3,(H,19,20)(H,21,22). The first-order valence-corrected chi connectivity index (χ1v) is 8.80. The minimum atomic E-state index is -1.12. The Bertz CT molecular complexity index is 767. The Labute approximate surface area is 153 Å². The van der Waals surface area contributed by atoms with E-state index in [4.69, 9.17) is 16.3 Å². The lowest BCUT2D eigenvalue weighted by molar-refractivity contribution is -0.00890. The summed E-state index contributed by atoms with van der Waals surface area (Å²) in [5.74, 6) is -0.908. The highest BCUT2D eigenvalue weighted by Gasteiger charge is 2.20. The molecule has 0 unspecified atom stereocenters. The molecule has 2 N–H and O–H groups in total.